The lowest BCUT2D eigenvalue weighted by atomic mass is 10.2. The Hall–Kier alpha value is -0.800. The smallest absolute Gasteiger partial charge is 0.117 e. The summed E-state index contributed by atoms with van der Waals surface area (Å²) in [6, 6.07) is 4.81. The summed E-state index contributed by atoms with van der Waals surface area (Å²) in [5, 5.41) is 6.96. The van der Waals surface area contributed by atoms with Crippen LogP contribution in [0.15, 0.2) is 16.5 Å². The van der Waals surface area contributed by atoms with Gasteiger partial charge in [0.05, 0.1) is 6.54 Å². The van der Waals surface area contributed by atoms with Crippen molar-refractivity contribution < 1.29 is 4.42 Å². The molecule has 2 N–H and O–H groups in total. The molecule has 1 aromatic heterocycles. The average Bonchev–Trinajstić information content (AvgIpc) is 2.89. The molecule has 90 valence electrons. The van der Waals surface area contributed by atoms with E-state index < -0.39 is 0 Å². The van der Waals surface area contributed by atoms with E-state index in [9.17, 15) is 0 Å². The van der Waals surface area contributed by atoms with Gasteiger partial charge in [0.2, 0.25) is 0 Å². The highest BCUT2D eigenvalue weighted by Crippen LogP contribution is 2.17. The molecule has 0 unspecified atom stereocenters. The number of hydrogen-bond acceptors (Lipinski definition) is 3. The number of rotatable bonds is 6. The fourth-order valence-corrected chi connectivity index (χ4v) is 2.29. The van der Waals surface area contributed by atoms with Crippen LogP contribution in [0.4, 0.5) is 0 Å². The molecule has 3 heteroatoms. The van der Waals surface area contributed by atoms with E-state index in [1.165, 1.54) is 25.7 Å². The Morgan fingerprint density at radius 2 is 2.06 bits per heavy atom. The molecule has 0 atom stereocenters. The molecular weight excluding hydrogens is 200 g/mol. The minimum Gasteiger partial charge on any atom is -0.465 e. The summed E-state index contributed by atoms with van der Waals surface area (Å²) < 4.78 is 5.48. The SMILES string of the molecule is Cc1ccc(CNCCNC2CCCC2)o1. The molecule has 0 saturated heterocycles. The Labute approximate surface area is 97.6 Å². The molecule has 0 spiro atoms. The summed E-state index contributed by atoms with van der Waals surface area (Å²) in [5.41, 5.74) is 0. The second-order valence-corrected chi connectivity index (χ2v) is 4.62. The molecule has 1 aliphatic carbocycles. The van der Waals surface area contributed by atoms with Gasteiger partial charge in [-0.15, -0.1) is 0 Å². The van der Waals surface area contributed by atoms with E-state index >= 15 is 0 Å². The Balaban J connectivity index is 1.51. The standard InChI is InChI=1S/C13H22N2O/c1-11-6-7-13(16-11)10-14-8-9-15-12-4-2-3-5-12/h6-7,12,14-15H,2-5,8-10H2,1H3. The maximum atomic E-state index is 5.48. The van der Waals surface area contributed by atoms with Gasteiger partial charge in [-0.1, -0.05) is 12.8 Å². The van der Waals surface area contributed by atoms with Crippen molar-refractivity contribution in [2.24, 2.45) is 0 Å². The van der Waals surface area contributed by atoms with Crippen LogP contribution in [0.25, 0.3) is 0 Å². The van der Waals surface area contributed by atoms with Crippen molar-refractivity contribution in [3.63, 3.8) is 0 Å². The van der Waals surface area contributed by atoms with Crippen molar-refractivity contribution in [3.8, 4) is 0 Å². The van der Waals surface area contributed by atoms with Crippen LogP contribution >= 0.6 is 0 Å². The van der Waals surface area contributed by atoms with Crippen LogP contribution in [0.2, 0.25) is 0 Å². The lowest BCUT2D eigenvalue weighted by Gasteiger charge is -2.11. The summed E-state index contributed by atoms with van der Waals surface area (Å²) in [4.78, 5) is 0. The van der Waals surface area contributed by atoms with Gasteiger partial charge in [0, 0.05) is 19.1 Å². The Bertz CT molecular complexity index is 303. The molecule has 1 fully saturated rings. The van der Waals surface area contributed by atoms with Crippen molar-refractivity contribution in [2.75, 3.05) is 13.1 Å². The van der Waals surface area contributed by atoms with Crippen molar-refractivity contribution in [3.05, 3.63) is 23.7 Å². The molecular formula is C13H22N2O. The van der Waals surface area contributed by atoms with Crippen molar-refractivity contribution in [1.82, 2.24) is 10.6 Å². The first-order valence-electron chi connectivity index (χ1n) is 6.34. The monoisotopic (exact) mass is 222 g/mol. The van der Waals surface area contributed by atoms with Crippen LogP contribution in [-0.2, 0) is 6.54 Å². The quantitative estimate of drug-likeness (QED) is 0.725. The van der Waals surface area contributed by atoms with E-state index in [4.69, 9.17) is 4.42 Å². The van der Waals surface area contributed by atoms with Gasteiger partial charge in [0.25, 0.3) is 0 Å². The predicted octanol–water partition coefficient (Wildman–Crippen LogP) is 2.21. The van der Waals surface area contributed by atoms with Crippen molar-refractivity contribution in [2.45, 2.75) is 45.2 Å². The summed E-state index contributed by atoms with van der Waals surface area (Å²) in [5.74, 6) is 2.01. The molecule has 1 aliphatic rings. The topological polar surface area (TPSA) is 37.2 Å². The van der Waals surface area contributed by atoms with Gasteiger partial charge in [-0.25, -0.2) is 0 Å². The Kier molecular flexibility index (Phi) is 4.43. The van der Waals surface area contributed by atoms with Crippen LogP contribution < -0.4 is 10.6 Å². The molecule has 2 rings (SSSR count). The lowest BCUT2D eigenvalue weighted by molar-refractivity contribution is 0.452. The minimum absolute atomic E-state index is 0.771. The highest BCUT2D eigenvalue weighted by molar-refractivity contribution is 5.05. The lowest BCUT2D eigenvalue weighted by Crippen LogP contribution is -2.33. The third-order valence-electron chi connectivity index (χ3n) is 3.19. The second-order valence-electron chi connectivity index (χ2n) is 4.62. The third-order valence-corrected chi connectivity index (χ3v) is 3.19. The molecule has 0 amide bonds. The second kappa shape index (κ2) is 6.06. The highest BCUT2D eigenvalue weighted by Gasteiger charge is 2.12. The van der Waals surface area contributed by atoms with Crippen LogP contribution in [0, 0.1) is 6.92 Å². The molecule has 0 aromatic carbocycles. The van der Waals surface area contributed by atoms with E-state index in [0.717, 1.165) is 37.2 Å². The first-order valence-corrected chi connectivity index (χ1v) is 6.34. The van der Waals surface area contributed by atoms with Crippen LogP contribution in [0.1, 0.15) is 37.2 Å². The normalized spacial score (nSPS) is 17.1. The van der Waals surface area contributed by atoms with Gasteiger partial charge in [-0.05, 0) is 31.9 Å². The van der Waals surface area contributed by atoms with E-state index in [-0.39, 0.29) is 0 Å². The first-order chi connectivity index (χ1) is 7.84. The Morgan fingerprint density at radius 1 is 1.25 bits per heavy atom. The summed E-state index contributed by atoms with van der Waals surface area (Å²) in [6.07, 6.45) is 5.52. The summed E-state index contributed by atoms with van der Waals surface area (Å²) in [7, 11) is 0. The highest BCUT2D eigenvalue weighted by atomic mass is 16.3. The molecule has 1 aromatic rings. The molecule has 0 radical (unpaired) electrons. The predicted molar refractivity (Wildman–Crippen MR) is 65.4 cm³/mol. The van der Waals surface area contributed by atoms with E-state index in [1.807, 2.05) is 19.1 Å². The van der Waals surface area contributed by atoms with Crippen LogP contribution in [0.3, 0.4) is 0 Å². The van der Waals surface area contributed by atoms with Crippen molar-refractivity contribution >= 4 is 0 Å². The van der Waals surface area contributed by atoms with Gasteiger partial charge in [0.15, 0.2) is 0 Å². The maximum Gasteiger partial charge on any atom is 0.117 e. The van der Waals surface area contributed by atoms with Crippen LogP contribution in [0.5, 0.6) is 0 Å². The molecule has 16 heavy (non-hydrogen) atoms. The zero-order valence-corrected chi connectivity index (χ0v) is 10.1. The minimum atomic E-state index is 0.771. The summed E-state index contributed by atoms with van der Waals surface area (Å²) in [6.45, 7) is 4.88. The Morgan fingerprint density at radius 3 is 2.75 bits per heavy atom. The maximum absolute atomic E-state index is 5.48. The number of nitrogens with one attached hydrogen (secondary N) is 2. The number of furan rings is 1. The molecule has 0 bridgehead atoms. The third kappa shape index (κ3) is 3.65. The average molecular weight is 222 g/mol. The fraction of sp³-hybridized carbons (Fsp3) is 0.692. The first kappa shape index (κ1) is 11.7. The molecule has 1 heterocycles. The van der Waals surface area contributed by atoms with Gasteiger partial charge in [-0.2, -0.15) is 0 Å². The van der Waals surface area contributed by atoms with Gasteiger partial charge in [0.1, 0.15) is 11.5 Å². The van der Waals surface area contributed by atoms with Gasteiger partial charge in [-0.3, -0.25) is 0 Å². The van der Waals surface area contributed by atoms with Gasteiger partial charge >= 0.3 is 0 Å². The van der Waals surface area contributed by atoms with Crippen molar-refractivity contribution in [1.29, 1.82) is 0 Å². The van der Waals surface area contributed by atoms with E-state index in [0.29, 0.717) is 0 Å². The number of aryl methyl sites for hydroxylation is 1. The largest absolute Gasteiger partial charge is 0.465 e. The zero-order chi connectivity index (χ0) is 11.2. The molecule has 1 saturated carbocycles. The molecule has 0 aliphatic heterocycles. The fourth-order valence-electron chi connectivity index (χ4n) is 2.29. The summed E-state index contributed by atoms with van der Waals surface area (Å²) >= 11 is 0. The van der Waals surface area contributed by atoms with Gasteiger partial charge < -0.3 is 15.1 Å². The van der Waals surface area contributed by atoms with Crippen LogP contribution in [-0.4, -0.2) is 19.1 Å². The zero-order valence-electron chi connectivity index (χ0n) is 10.1. The van der Waals surface area contributed by atoms with E-state index in [2.05, 4.69) is 10.6 Å². The van der Waals surface area contributed by atoms with E-state index in [1.54, 1.807) is 0 Å². The molecule has 3 nitrogen and oxygen atoms in total. The number of hydrogen-bond donors (Lipinski definition) is 2.